The largest absolute Gasteiger partial charge is 0.326 e. The van der Waals surface area contributed by atoms with E-state index in [-0.39, 0.29) is 11.9 Å². The molecule has 1 amide bonds. The van der Waals surface area contributed by atoms with Crippen molar-refractivity contribution in [2.45, 2.75) is 4.90 Å². The molecule has 0 aromatic heterocycles. The van der Waals surface area contributed by atoms with Crippen LogP contribution >= 0.6 is 23.5 Å². The van der Waals surface area contributed by atoms with E-state index in [1.54, 1.807) is 4.72 Å². The van der Waals surface area contributed by atoms with Crippen LogP contribution in [0, 0.1) is 33.4 Å². The van der Waals surface area contributed by atoms with Gasteiger partial charge >= 0.3 is 11.1 Å². The highest BCUT2D eigenvalue weighted by atomic mass is 35.5. The van der Waals surface area contributed by atoms with E-state index in [4.69, 9.17) is 11.6 Å². The normalized spacial score (nSPS) is 10.3. The Morgan fingerprint density at radius 3 is 2.11 bits per heavy atom. The maximum Gasteiger partial charge on any atom is 0.326 e. The van der Waals surface area contributed by atoms with Gasteiger partial charge < -0.3 is 0 Å². The summed E-state index contributed by atoms with van der Waals surface area (Å²) in [5, 5.41) is 9.19. The molecule has 0 aliphatic heterocycles. The van der Waals surface area contributed by atoms with Gasteiger partial charge in [0.2, 0.25) is 11.6 Å². The molecule has 0 bridgehead atoms. The summed E-state index contributed by atoms with van der Waals surface area (Å²) in [6.07, 6.45) is 0. The summed E-state index contributed by atoms with van der Waals surface area (Å²) in [4.78, 5) is 18.1. The van der Waals surface area contributed by atoms with E-state index in [1.807, 2.05) is 0 Å². The van der Waals surface area contributed by atoms with Crippen molar-refractivity contribution in [2.24, 2.45) is 0 Å². The quantitative estimate of drug-likeness (QED) is 0.136. The lowest BCUT2D eigenvalue weighted by Gasteiger charge is -2.06. The van der Waals surface area contributed by atoms with E-state index in [9.17, 15) is 32.5 Å². The van der Waals surface area contributed by atoms with Gasteiger partial charge in [0, 0.05) is 0 Å². The lowest BCUT2D eigenvalue weighted by molar-refractivity contribution is -0.391. The van der Waals surface area contributed by atoms with Gasteiger partial charge in [-0.15, -0.1) is 0 Å². The van der Waals surface area contributed by atoms with Crippen molar-refractivity contribution in [1.82, 2.24) is 4.72 Å². The summed E-state index contributed by atoms with van der Waals surface area (Å²) in [5.41, 5.74) is -1.64. The molecule has 1 aromatic carbocycles. The number of amides is 1. The fraction of sp³-hybridized carbons (Fsp3) is 0. The summed E-state index contributed by atoms with van der Waals surface area (Å²) in [6, 6.07) is 0. The summed E-state index contributed by atoms with van der Waals surface area (Å²) >= 11 is 4.65. The highest BCUT2D eigenvalue weighted by Crippen LogP contribution is 2.36. The van der Waals surface area contributed by atoms with Gasteiger partial charge in [0.25, 0.3) is 0 Å². The van der Waals surface area contributed by atoms with E-state index < -0.39 is 44.1 Å². The van der Waals surface area contributed by atoms with E-state index in [0.29, 0.717) is 0 Å². The standard InChI is InChI=1S/C7HClF4N2O3S/c8-7(15)13-18-6-4(12)2(10)1(9)3(11)5(6)14(16)17/h(H,13,15). The van der Waals surface area contributed by atoms with Gasteiger partial charge in [0.05, 0.1) is 4.92 Å². The molecule has 0 saturated heterocycles. The van der Waals surface area contributed by atoms with Gasteiger partial charge in [-0.3, -0.25) is 19.6 Å². The van der Waals surface area contributed by atoms with Crippen LogP contribution in [0.2, 0.25) is 0 Å². The predicted molar refractivity (Wildman–Crippen MR) is 53.2 cm³/mol. The molecule has 1 rings (SSSR count). The molecule has 0 spiro atoms. The van der Waals surface area contributed by atoms with E-state index in [2.05, 4.69) is 0 Å². The fourth-order valence-electron chi connectivity index (χ4n) is 0.947. The second kappa shape index (κ2) is 5.40. The first-order valence-electron chi connectivity index (χ1n) is 3.90. The number of hydrogen-bond acceptors (Lipinski definition) is 4. The van der Waals surface area contributed by atoms with Crippen molar-refractivity contribution in [3.8, 4) is 0 Å². The third-order valence-electron chi connectivity index (χ3n) is 1.62. The van der Waals surface area contributed by atoms with Crippen LogP contribution in [0.5, 0.6) is 0 Å². The first-order valence-corrected chi connectivity index (χ1v) is 5.09. The van der Waals surface area contributed by atoms with Gasteiger partial charge in [-0.2, -0.15) is 4.39 Å². The number of carbonyl (C=O) groups is 1. The number of nitrogens with zero attached hydrogens (tertiary/aromatic N) is 1. The van der Waals surface area contributed by atoms with Crippen molar-refractivity contribution >= 4 is 34.6 Å². The minimum absolute atomic E-state index is 0.148. The molecule has 98 valence electrons. The third kappa shape index (κ3) is 2.64. The zero-order valence-corrected chi connectivity index (χ0v) is 9.54. The second-order valence-corrected chi connectivity index (χ2v) is 3.83. The molecule has 0 aliphatic rings. The van der Waals surface area contributed by atoms with Gasteiger partial charge in [0.1, 0.15) is 4.90 Å². The van der Waals surface area contributed by atoms with Gasteiger partial charge in [-0.25, -0.2) is 13.2 Å². The second-order valence-electron chi connectivity index (χ2n) is 2.67. The zero-order chi connectivity index (χ0) is 14.0. The zero-order valence-electron chi connectivity index (χ0n) is 7.97. The van der Waals surface area contributed by atoms with Crippen LogP contribution in [0.4, 0.5) is 28.0 Å². The highest BCUT2D eigenvalue weighted by Gasteiger charge is 2.33. The van der Waals surface area contributed by atoms with E-state index in [0.717, 1.165) is 0 Å². The molecule has 0 aliphatic carbocycles. The Labute approximate surface area is 105 Å². The van der Waals surface area contributed by atoms with Crippen LogP contribution in [0.25, 0.3) is 0 Å². The fourth-order valence-corrected chi connectivity index (χ4v) is 1.69. The summed E-state index contributed by atoms with van der Waals surface area (Å²) in [5.74, 6) is -8.73. The van der Waals surface area contributed by atoms with Gasteiger partial charge in [0.15, 0.2) is 11.6 Å². The Balaban J connectivity index is 3.46. The molecular formula is C7HClF4N2O3S. The van der Waals surface area contributed by atoms with Crippen LogP contribution in [0.1, 0.15) is 0 Å². The molecule has 5 nitrogen and oxygen atoms in total. The molecule has 11 heteroatoms. The Bertz CT molecular complexity index is 542. The molecule has 0 radical (unpaired) electrons. The first-order chi connectivity index (χ1) is 8.27. The number of rotatable bonds is 3. The topological polar surface area (TPSA) is 72.2 Å². The molecule has 18 heavy (non-hydrogen) atoms. The number of benzene rings is 1. The number of nitro groups is 1. The minimum Gasteiger partial charge on any atom is -0.282 e. The molecule has 0 unspecified atom stereocenters. The monoisotopic (exact) mass is 304 g/mol. The molecule has 1 aromatic rings. The van der Waals surface area contributed by atoms with Crippen LogP contribution in [-0.2, 0) is 0 Å². The third-order valence-corrected chi connectivity index (χ3v) is 2.69. The Kier molecular flexibility index (Phi) is 4.35. The minimum atomic E-state index is -2.32. The molecular weight excluding hydrogens is 304 g/mol. The Hall–Kier alpha value is -1.55. The number of nitro benzene ring substituents is 1. The highest BCUT2D eigenvalue weighted by molar-refractivity contribution is 7.98. The molecule has 0 atom stereocenters. The SMILES string of the molecule is O=C(Cl)NSc1c(F)c(F)c(F)c(F)c1[N+](=O)[O-]. The summed E-state index contributed by atoms with van der Waals surface area (Å²) in [7, 11) is 0. The van der Waals surface area contributed by atoms with Crippen LogP contribution in [0.15, 0.2) is 4.90 Å². The molecule has 0 saturated carbocycles. The smallest absolute Gasteiger partial charge is 0.282 e. The lowest BCUT2D eigenvalue weighted by Crippen LogP contribution is -2.10. The average Bonchev–Trinajstić information content (AvgIpc) is 2.28. The maximum atomic E-state index is 13.2. The van der Waals surface area contributed by atoms with Crippen LogP contribution < -0.4 is 4.72 Å². The Morgan fingerprint density at radius 2 is 1.67 bits per heavy atom. The summed E-state index contributed by atoms with van der Waals surface area (Å²) in [6.45, 7) is 0. The predicted octanol–water partition coefficient (Wildman–Crippen LogP) is 3.11. The van der Waals surface area contributed by atoms with Crippen molar-refractivity contribution in [3.63, 3.8) is 0 Å². The first kappa shape index (κ1) is 14.5. The lowest BCUT2D eigenvalue weighted by atomic mass is 10.2. The van der Waals surface area contributed by atoms with Crippen molar-refractivity contribution in [1.29, 1.82) is 0 Å². The van der Waals surface area contributed by atoms with E-state index in [1.165, 1.54) is 0 Å². The van der Waals surface area contributed by atoms with Crippen molar-refractivity contribution < 1.29 is 27.3 Å². The van der Waals surface area contributed by atoms with Crippen molar-refractivity contribution in [3.05, 3.63) is 33.4 Å². The summed E-state index contributed by atoms with van der Waals surface area (Å²) < 4.78 is 53.5. The van der Waals surface area contributed by atoms with E-state index >= 15 is 0 Å². The van der Waals surface area contributed by atoms with Crippen molar-refractivity contribution in [2.75, 3.05) is 0 Å². The maximum absolute atomic E-state index is 13.2. The van der Waals surface area contributed by atoms with Crippen LogP contribution in [0.3, 0.4) is 0 Å². The van der Waals surface area contributed by atoms with Gasteiger partial charge in [-0.1, -0.05) is 0 Å². The number of carbonyl (C=O) groups excluding carboxylic acids is 1. The molecule has 0 fully saturated rings. The van der Waals surface area contributed by atoms with Crippen LogP contribution in [-0.4, -0.2) is 10.3 Å². The Morgan fingerprint density at radius 1 is 1.17 bits per heavy atom. The molecule has 1 N–H and O–H groups in total. The molecule has 0 heterocycles. The number of halogens is 5. The number of nitrogens with one attached hydrogen (secondary N) is 1. The average molecular weight is 305 g/mol. The number of hydrogen-bond donors (Lipinski definition) is 1. The van der Waals surface area contributed by atoms with Gasteiger partial charge in [-0.05, 0) is 23.5 Å².